The van der Waals surface area contributed by atoms with Crippen LogP contribution in [0.15, 0.2) is 21.0 Å². The van der Waals surface area contributed by atoms with Crippen molar-refractivity contribution in [3.05, 3.63) is 33.5 Å². The van der Waals surface area contributed by atoms with Crippen molar-refractivity contribution in [3.63, 3.8) is 0 Å². The van der Waals surface area contributed by atoms with E-state index in [9.17, 15) is 0 Å². The van der Waals surface area contributed by atoms with Crippen LogP contribution in [0.3, 0.4) is 0 Å². The third kappa shape index (κ3) is 3.89. The molecule has 116 valence electrons. The third-order valence-corrected chi connectivity index (χ3v) is 4.28. The first-order valence-electron chi connectivity index (χ1n) is 7.80. The van der Waals surface area contributed by atoms with Crippen LogP contribution in [0.2, 0.25) is 0 Å². The number of hydrogen-bond donors (Lipinski definition) is 1. The van der Waals surface area contributed by atoms with Gasteiger partial charge >= 0.3 is 0 Å². The van der Waals surface area contributed by atoms with E-state index in [1.54, 1.807) is 0 Å². The van der Waals surface area contributed by atoms with Gasteiger partial charge in [0.05, 0.1) is 6.54 Å². The minimum absolute atomic E-state index is 0.613. The summed E-state index contributed by atoms with van der Waals surface area (Å²) in [5, 5.41) is 4.76. The van der Waals surface area contributed by atoms with Crippen LogP contribution in [0.5, 0.6) is 0 Å². The molecule has 2 aromatic rings. The molecule has 1 heterocycles. The Bertz CT molecular complexity index is 613. The zero-order valence-electron chi connectivity index (χ0n) is 13.7. The summed E-state index contributed by atoms with van der Waals surface area (Å²) in [7, 11) is 0. The molecule has 2 rings (SSSR count). The van der Waals surface area contributed by atoms with Crippen molar-refractivity contribution in [2.24, 2.45) is 11.8 Å². The Morgan fingerprint density at radius 2 is 1.86 bits per heavy atom. The van der Waals surface area contributed by atoms with E-state index >= 15 is 0 Å². The highest BCUT2D eigenvalue weighted by Crippen LogP contribution is 2.35. The molecule has 0 fully saturated rings. The Kier molecular flexibility index (Phi) is 5.50. The highest BCUT2D eigenvalue weighted by atomic mass is 79.9. The van der Waals surface area contributed by atoms with Gasteiger partial charge in [-0.3, -0.25) is 0 Å². The van der Waals surface area contributed by atoms with Gasteiger partial charge < -0.3 is 9.73 Å². The van der Waals surface area contributed by atoms with Crippen molar-refractivity contribution in [1.29, 1.82) is 0 Å². The SMILES string of the molecule is Cc1ccc(Br)c2c(CC(C)C)c(CNCC(C)C)oc12. The van der Waals surface area contributed by atoms with E-state index in [2.05, 4.69) is 68.0 Å². The van der Waals surface area contributed by atoms with Gasteiger partial charge in [-0.15, -0.1) is 0 Å². The molecule has 0 saturated carbocycles. The third-order valence-electron chi connectivity index (χ3n) is 3.62. The Balaban J connectivity index is 2.42. The van der Waals surface area contributed by atoms with Crippen molar-refractivity contribution in [1.82, 2.24) is 5.32 Å². The monoisotopic (exact) mass is 351 g/mol. The van der Waals surface area contributed by atoms with Gasteiger partial charge in [0.1, 0.15) is 11.3 Å². The fourth-order valence-electron chi connectivity index (χ4n) is 2.64. The average Bonchev–Trinajstić information content (AvgIpc) is 2.73. The Labute approximate surface area is 136 Å². The first-order chi connectivity index (χ1) is 9.90. The quantitative estimate of drug-likeness (QED) is 0.748. The molecule has 0 aliphatic carbocycles. The van der Waals surface area contributed by atoms with Crippen LogP contribution in [0.4, 0.5) is 0 Å². The first-order valence-corrected chi connectivity index (χ1v) is 8.59. The van der Waals surface area contributed by atoms with Crippen LogP contribution in [-0.4, -0.2) is 6.54 Å². The molecule has 0 atom stereocenters. The van der Waals surface area contributed by atoms with E-state index in [0.717, 1.165) is 35.3 Å². The van der Waals surface area contributed by atoms with Gasteiger partial charge in [-0.2, -0.15) is 0 Å². The summed E-state index contributed by atoms with van der Waals surface area (Å²) < 4.78 is 7.34. The van der Waals surface area contributed by atoms with E-state index in [1.165, 1.54) is 16.5 Å². The van der Waals surface area contributed by atoms with Crippen molar-refractivity contribution in [2.45, 2.75) is 47.6 Å². The fraction of sp³-hybridized carbons (Fsp3) is 0.556. The molecule has 0 spiro atoms. The lowest BCUT2D eigenvalue weighted by atomic mass is 9.99. The molecule has 0 aliphatic rings. The standard InChI is InChI=1S/C18H26BrNO/c1-11(2)8-14-16(10-20-9-12(3)4)21-18-13(5)6-7-15(19)17(14)18/h6-7,11-12,20H,8-10H2,1-5H3. The molecule has 0 unspecified atom stereocenters. The second kappa shape index (κ2) is 6.97. The van der Waals surface area contributed by atoms with Gasteiger partial charge in [-0.25, -0.2) is 0 Å². The van der Waals surface area contributed by atoms with E-state index in [1.807, 2.05) is 0 Å². The second-order valence-electron chi connectivity index (χ2n) is 6.69. The maximum absolute atomic E-state index is 6.20. The number of halogens is 1. The van der Waals surface area contributed by atoms with Gasteiger partial charge in [0.2, 0.25) is 0 Å². The summed E-state index contributed by atoms with van der Waals surface area (Å²) in [4.78, 5) is 0. The molecule has 1 aromatic heterocycles. The van der Waals surface area contributed by atoms with Crippen LogP contribution < -0.4 is 5.32 Å². The van der Waals surface area contributed by atoms with E-state index in [-0.39, 0.29) is 0 Å². The summed E-state index contributed by atoms with van der Waals surface area (Å²) in [5.74, 6) is 2.35. The maximum atomic E-state index is 6.20. The predicted molar refractivity (Wildman–Crippen MR) is 93.7 cm³/mol. The molecule has 1 N–H and O–H groups in total. The minimum atomic E-state index is 0.613. The Morgan fingerprint density at radius 1 is 1.14 bits per heavy atom. The smallest absolute Gasteiger partial charge is 0.138 e. The van der Waals surface area contributed by atoms with Crippen LogP contribution in [0, 0.1) is 18.8 Å². The molecule has 1 aromatic carbocycles. The van der Waals surface area contributed by atoms with E-state index in [0.29, 0.717) is 11.8 Å². The Hall–Kier alpha value is -0.800. The van der Waals surface area contributed by atoms with Crippen molar-refractivity contribution in [3.8, 4) is 0 Å². The molecule has 3 heteroatoms. The van der Waals surface area contributed by atoms with Gasteiger partial charge in [0, 0.05) is 15.4 Å². The largest absolute Gasteiger partial charge is 0.459 e. The molecule has 21 heavy (non-hydrogen) atoms. The normalized spacial score (nSPS) is 12.0. The molecule has 0 saturated heterocycles. The summed E-state index contributed by atoms with van der Waals surface area (Å²) in [5.41, 5.74) is 3.58. The summed E-state index contributed by atoms with van der Waals surface area (Å²) >= 11 is 3.70. The van der Waals surface area contributed by atoms with Gasteiger partial charge in [-0.1, -0.05) is 49.7 Å². The van der Waals surface area contributed by atoms with Crippen LogP contribution in [-0.2, 0) is 13.0 Å². The molecule has 2 nitrogen and oxygen atoms in total. The molecule has 0 radical (unpaired) electrons. The summed E-state index contributed by atoms with van der Waals surface area (Å²) in [6.45, 7) is 12.9. The van der Waals surface area contributed by atoms with Crippen LogP contribution in [0.25, 0.3) is 11.0 Å². The lowest BCUT2D eigenvalue weighted by molar-refractivity contribution is 0.476. The molecule has 0 bridgehead atoms. The molecule has 0 amide bonds. The zero-order chi connectivity index (χ0) is 15.6. The number of benzene rings is 1. The number of hydrogen-bond acceptors (Lipinski definition) is 2. The minimum Gasteiger partial charge on any atom is -0.459 e. The molecule has 0 aliphatic heterocycles. The maximum Gasteiger partial charge on any atom is 0.138 e. The van der Waals surface area contributed by atoms with Gasteiger partial charge in [-0.05, 0) is 43.4 Å². The van der Waals surface area contributed by atoms with Crippen molar-refractivity contribution >= 4 is 26.9 Å². The number of aryl methyl sites for hydroxylation is 1. The highest BCUT2D eigenvalue weighted by Gasteiger charge is 2.18. The zero-order valence-corrected chi connectivity index (χ0v) is 15.3. The van der Waals surface area contributed by atoms with Crippen LogP contribution in [0.1, 0.15) is 44.6 Å². The average molecular weight is 352 g/mol. The molecular weight excluding hydrogens is 326 g/mol. The van der Waals surface area contributed by atoms with E-state index in [4.69, 9.17) is 4.42 Å². The summed E-state index contributed by atoms with van der Waals surface area (Å²) in [6.07, 6.45) is 1.05. The van der Waals surface area contributed by atoms with Crippen molar-refractivity contribution in [2.75, 3.05) is 6.54 Å². The van der Waals surface area contributed by atoms with Crippen LogP contribution >= 0.6 is 15.9 Å². The predicted octanol–water partition coefficient (Wildman–Crippen LogP) is 5.45. The number of furan rings is 1. The first kappa shape index (κ1) is 16.6. The number of rotatable bonds is 6. The van der Waals surface area contributed by atoms with Gasteiger partial charge in [0.15, 0.2) is 0 Å². The van der Waals surface area contributed by atoms with Gasteiger partial charge in [0.25, 0.3) is 0 Å². The lowest BCUT2D eigenvalue weighted by Gasteiger charge is -2.09. The second-order valence-corrected chi connectivity index (χ2v) is 7.55. The molecular formula is C18H26BrNO. The number of fused-ring (bicyclic) bond motifs is 1. The fourth-order valence-corrected chi connectivity index (χ4v) is 3.19. The number of nitrogens with one attached hydrogen (secondary N) is 1. The highest BCUT2D eigenvalue weighted by molar-refractivity contribution is 9.10. The van der Waals surface area contributed by atoms with Crippen molar-refractivity contribution < 1.29 is 4.42 Å². The summed E-state index contributed by atoms with van der Waals surface area (Å²) in [6, 6.07) is 4.24. The van der Waals surface area contributed by atoms with E-state index < -0.39 is 0 Å². The topological polar surface area (TPSA) is 25.2 Å². The lowest BCUT2D eigenvalue weighted by Crippen LogP contribution is -2.19. The Morgan fingerprint density at radius 3 is 2.48 bits per heavy atom.